The molecule has 0 radical (unpaired) electrons. The van der Waals surface area contributed by atoms with Crippen LogP contribution in [0.15, 0.2) is 0 Å². The molecule has 2 nitrogen and oxygen atoms in total. The molecule has 0 aromatic carbocycles. The van der Waals surface area contributed by atoms with Gasteiger partial charge in [0, 0.05) is 5.92 Å². The Kier molecular flexibility index (Phi) is 16.3. The zero-order valence-corrected chi connectivity index (χ0v) is 17.5. The third kappa shape index (κ3) is 15.4. The van der Waals surface area contributed by atoms with Gasteiger partial charge in [0.15, 0.2) is 0 Å². The molecule has 24 heavy (non-hydrogen) atoms. The summed E-state index contributed by atoms with van der Waals surface area (Å²) in [6.07, 6.45) is 19.6. The third-order valence-electron chi connectivity index (χ3n) is 5.39. The van der Waals surface area contributed by atoms with Crippen LogP contribution in [0.1, 0.15) is 104 Å². The molecule has 2 heteroatoms. The van der Waals surface area contributed by atoms with E-state index < -0.39 is 0 Å². The van der Waals surface area contributed by atoms with Crippen molar-refractivity contribution in [2.45, 2.75) is 104 Å². The van der Waals surface area contributed by atoms with E-state index in [0.717, 1.165) is 16.9 Å². The van der Waals surface area contributed by atoms with Gasteiger partial charge in [-0.25, -0.2) is 0 Å². The fourth-order valence-corrected chi connectivity index (χ4v) is 3.81. The smallest absolute Gasteiger partial charge is 0.102 e. The molecule has 0 unspecified atom stereocenters. The van der Waals surface area contributed by atoms with Crippen LogP contribution in [0.3, 0.4) is 0 Å². The largest absolute Gasteiger partial charge is 0.391 e. The molecule has 0 aliphatic heterocycles. The monoisotopic (exact) mass is 342 g/mol. The summed E-state index contributed by atoms with van der Waals surface area (Å²) in [5, 5.41) is 9.29. The van der Waals surface area contributed by atoms with E-state index in [1.54, 1.807) is 0 Å². The molecule has 0 aromatic rings. The van der Waals surface area contributed by atoms with Crippen molar-refractivity contribution < 1.29 is 9.59 Å². The zero-order chi connectivity index (χ0) is 18.1. The number of hydrogen-bond acceptors (Lipinski definition) is 1. The SMILES string of the molecule is CCCCCCCCC(CCCCCCCC)C[N+](C)(C)CCO. The summed E-state index contributed by atoms with van der Waals surface area (Å²) in [5.74, 6) is 0.851. The van der Waals surface area contributed by atoms with Gasteiger partial charge < -0.3 is 9.59 Å². The van der Waals surface area contributed by atoms with Crippen LogP contribution >= 0.6 is 0 Å². The Morgan fingerprint density at radius 1 is 0.667 bits per heavy atom. The second-order valence-corrected chi connectivity index (χ2v) is 8.54. The molecule has 0 amide bonds. The molecule has 0 saturated heterocycles. The lowest BCUT2D eigenvalue weighted by Gasteiger charge is -2.33. The van der Waals surface area contributed by atoms with Gasteiger partial charge >= 0.3 is 0 Å². The Labute approximate surface area is 153 Å². The van der Waals surface area contributed by atoms with E-state index in [2.05, 4.69) is 27.9 Å². The first-order valence-corrected chi connectivity index (χ1v) is 11.0. The number of hydrogen-bond donors (Lipinski definition) is 1. The van der Waals surface area contributed by atoms with Crippen molar-refractivity contribution in [3.05, 3.63) is 0 Å². The minimum absolute atomic E-state index is 0.313. The predicted molar refractivity (Wildman–Crippen MR) is 108 cm³/mol. The van der Waals surface area contributed by atoms with Crippen molar-refractivity contribution >= 4 is 0 Å². The Hall–Kier alpha value is -0.0800. The van der Waals surface area contributed by atoms with Crippen molar-refractivity contribution in [1.29, 1.82) is 0 Å². The lowest BCUT2D eigenvalue weighted by molar-refractivity contribution is -0.894. The molecule has 0 aliphatic rings. The first kappa shape index (κ1) is 23.9. The first-order chi connectivity index (χ1) is 11.6. The molecule has 1 N–H and O–H groups in total. The molecular formula is C22H48NO+. The van der Waals surface area contributed by atoms with Gasteiger partial charge in [-0.05, 0) is 12.8 Å². The molecule has 0 aliphatic carbocycles. The summed E-state index contributed by atoms with van der Waals surface area (Å²) in [6.45, 7) is 7.02. The highest BCUT2D eigenvalue weighted by Gasteiger charge is 2.21. The van der Waals surface area contributed by atoms with E-state index in [0.29, 0.717) is 6.61 Å². The van der Waals surface area contributed by atoms with E-state index in [9.17, 15) is 5.11 Å². The minimum atomic E-state index is 0.313. The van der Waals surface area contributed by atoms with E-state index in [4.69, 9.17) is 0 Å². The lowest BCUT2D eigenvalue weighted by atomic mass is 9.93. The van der Waals surface area contributed by atoms with Crippen LogP contribution in [-0.2, 0) is 0 Å². The average molecular weight is 343 g/mol. The highest BCUT2D eigenvalue weighted by atomic mass is 16.3. The van der Waals surface area contributed by atoms with Crippen molar-refractivity contribution in [3.63, 3.8) is 0 Å². The molecule has 0 rings (SSSR count). The van der Waals surface area contributed by atoms with Crippen LogP contribution in [-0.4, -0.2) is 43.4 Å². The number of aliphatic hydroxyl groups excluding tert-OH is 1. The quantitative estimate of drug-likeness (QED) is 0.233. The number of quaternary nitrogens is 1. The van der Waals surface area contributed by atoms with Gasteiger partial charge in [-0.2, -0.15) is 0 Å². The minimum Gasteiger partial charge on any atom is -0.391 e. The maximum absolute atomic E-state index is 9.29. The van der Waals surface area contributed by atoms with Crippen molar-refractivity contribution in [3.8, 4) is 0 Å². The summed E-state index contributed by atoms with van der Waals surface area (Å²) < 4.78 is 0.979. The molecule has 0 atom stereocenters. The second kappa shape index (κ2) is 16.4. The fraction of sp³-hybridized carbons (Fsp3) is 1.00. The fourth-order valence-electron chi connectivity index (χ4n) is 3.81. The highest BCUT2D eigenvalue weighted by Crippen LogP contribution is 2.21. The molecule has 0 saturated carbocycles. The van der Waals surface area contributed by atoms with E-state index in [1.165, 1.54) is 96.4 Å². The number of aliphatic hydroxyl groups is 1. The van der Waals surface area contributed by atoms with Crippen LogP contribution in [0.5, 0.6) is 0 Å². The Morgan fingerprint density at radius 3 is 1.50 bits per heavy atom. The van der Waals surface area contributed by atoms with E-state index >= 15 is 0 Å². The van der Waals surface area contributed by atoms with Gasteiger partial charge in [-0.15, -0.1) is 0 Å². The second-order valence-electron chi connectivity index (χ2n) is 8.54. The lowest BCUT2D eigenvalue weighted by Crippen LogP contribution is -2.45. The van der Waals surface area contributed by atoms with Crippen LogP contribution in [0.4, 0.5) is 0 Å². The number of unbranched alkanes of at least 4 members (excludes halogenated alkanes) is 10. The van der Waals surface area contributed by atoms with Crippen LogP contribution in [0, 0.1) is 5.92 Å². The Bertz CT molecular complexity index is 236. The molecular weight excluding hydrogens is 294 g/mol. The standard InChI is InChI=1S/C22H48NO/c1-5-7-9-11-13-15-17-22(21-23(3,4)19-20-24)18-16-14-12-10-8-6-2/h22,24H,5-21H2,1-4H3/q+1. The van der Waals surface area contributed by atoms with Crippen LogP contribution in [0.2, 0.25) is 0 Å². The maximum Gasteiger partial charge on any atom is 0.102 e. The topological polar surface area (TPSA) is 20.2 Å². The molecule has 0 aromatic heterocycles. The normalized spacial score (nSPS) is 12.2. The molecule has 0 spiro atoms. The van der Waals surface area contributed by atoms with Crippen LogP contribution in [0.25, 0.3) is 0 Å². The average Bonchev–Trinajstić information content (AvgIpc) is 2.53. The molecule has 146 valence electrons. The third-order valence-corrected chi connectivity index (χ3v) is 5.39. The Morgan fingerprint density at radius 2 is 1.08 bits per heavy atom. The van der Waals surface area contributed by atoms with Gasteiger partial charge in [-0.3, -0.25) is 0 Å². The van der Waals surface area contributed by atoms with E-state index in [-0.39, 0.29) is 0 Å². The summed E-state index contributed by atoms with van der Waals surface area (Å²) in [7, 11) is 4.57. The van der Waals surface area contributed by atoms with Gasteiger partial charge in [0.2, 0.25) is 0 Å². The molecule has 0 fully saturated rings. The molecule has 0 heterocycles. The van der Waals surface area contributed by atoms with Crippen LogP contribution < -0.4 is 0 Å². The predicted octanol–water partition coefficient (Wildman–Crippen LogP) is 6.17. The first-order valence-electron chi connectivity index (χ1n) is 11.0. The Balaban J connectivity index is 4.04. The van der Waals surface area contributed by atoms with Gasteiger partial charge in [-0.1, -0.05) is 90.9 Å². The number of rotatable bonds is 18. The highest BCUT2D eigenvalue weighted by molar-refractivity contribution is 4.61. The number of nitrogens with zero attached hydrogens (tertiary/aromatic N) is 1. The van der Waals surface area contributed by atoms with Crippen molar-refractivity contribution in [1.82, 2.24) is 0 Å². The molecule has 0 bridgehead atoms. The summed E-state index contributed by atoms with van der Waals surface area (Å²) in [5.41, 5.74) is 0. The van der Waals surface area contributed by atoms with Gasteiger partial charge in [0.25, 0.3) is 0 Å². The van der Waals surface area contributed by atoms with Gasteiger partial charge in [0.1, 0.15) is 6.54 Å². The van der Waals surface area contributed by atoms with Gasteiger partial charge in [0.05, 0.1) is 27.2 Å². The maximum atomic E-state index is 9.29. The van der Waals surface area contributed by atoms with Crippen molar-refractivity contribution in [2.24, 2.45) is 5.92 Å². The van der Waals surface area contributed by atoms with E-state index in [1.807, 2.05) is 0 Å². The zero-order valence-electron chi connectivity index (χ0n) is 17.5. The van der Waals surface area contributed by atoms with Crippen molar-refractivity contribution in [2.75, 3.05) is 33.8 Å². The summed E-state index contributed by atoms with van der Waals surface area (Å²) in [6, 6.07) is 0. The summed E-state index contributed by atoms with van der Waals surface area (Å²) >= 11 is 0. The summed E-state index contributed by atoms with van der Waals surface area (Å²) in [4.78, 5) is 0. The number of likely N-dealkylation sites (N-methyl/N-ethyl adjacent to an activating group) is 1.